The summed E-state index contributed by atoms with van der Waals surface area (Å²) < 4.78 is 9.45. The lowest BCUT2D eigenvalue weighted by Crippen LogP contribution is -2.09. The van der Waals surface area contributed by atoms with Gasteiger partial charge >= 0.3 is 11.7 Å². The van der Waals surface area contributed by atoms with Crippen LogP contribution >= 0.6 is 0 Å². The molecule has 0 aliphatic carbocycles. The summed E-state index contributed by atoms with van der Waals surface area (Å²) in [6, 6.07) is 1.60. The molecule has 9 heteroatoms. The van der Waals surface area contributed by atoms with Crippen LogP contribution in [0, 0.1) is 20.2 Å². The maximum absolute atomic E-state index is 11.6. The van der Waals surface area contributed by atoms with E-state index in [-0.39, 0.29) is 17.9 Å². The van der Waals surface area contributed by atoms with E-state index >= 15 is 0 Å². The fourth-order valence-electron chi connectivity index (χ4n) is 1.41. The molecule has 0 aliphatic rings. The zero-order chi connectivity index (χ0) is 14.6. The van der Waals surface area contributed by atoms with Crippen molar-refractivity contribution in [2.24, 2.45) is 0 Å². The molecular weight excluding hydrogens is 260 g/mol. The van der Waals surface area contributed by atoms with Gasteiger partial charge in [0, 0.05) is 6.07 Å². The topological polar surface area (TPSA) is 122 Å². The van der Waals surface area contributed by atoms with Crippen molar-refractivity contribution in [3.05, 3.63) is 37.9 Å². The quantitative estimate of drug-likeness (QED) is 0.453. The van der Waals surface area contributed by atoms with Crippen molar-refractivity contribution in [1.82, 2.24) is 0 Å². The van der Waals surface area contributed by atoms with Crippen LogP contribution in [0.1, 0.15) is 17.3 Å². The Morgan fingerprint density at radius 3 is 2.32 bits per heavy atom. The average molecular weight is 270 g/mol. The van der Waals surface area contributed by atoms with E-state index in [0.717, 1.165) is 19.2 Å². The lowest BCUT2D eigenvalue weighted by atomic mass is 10.1. The molecule has 0 aliphatic heterocycles. The molecule has 0 saturated carbocycles. The smallest absolute Gasteiger partial charge is 0.342 e. The summed E-state index contributed by atoms with van der Waals surface area (Å²) in [5.41, 5.74) is -1.61. The van der Waals surface area contributed by atoms with Crippen molar-refractivity contribution in [1.29, 1.82) is 0 Å². The molecule has 1 rings (SSSR count). The number of benzene rings is 1. The molecule has 0 amide bonds. The number of carbonyl (C=O) groups excluding carboxylic acids is 1. The van der Waals surface area contributed by atoms with Gasteiger partial charge < -0.3 is 9.47 Å². The summed E-state index contributed by atoms with van der Waals surface area (Å²) in [7, 11) is 1.12. The molecule has 0 aromatic heterocycles. The Hall–Kier alpha value is -2.71. The number of rotatable bonds is 5. The van der Waals surface area contributed by atoms with Crippen LogP contribution in [0.15, 0.2) is 12.1 Å². The van der Waals surface area contributed by atoms with Crippen molar-refractivity contribution < 1.29 is 24.1 Å². The number of nitro benzene ring substituents is 2. The van der Waals surface area contributed by atoms with E-state index in [4.69, 9.17) is 4.74 Å². The maximum Gasteiger partial charge on any atom is 0.342 e. The molecule has 1 aromatic rings. The van der Waals surface area contributed by atoms with Crippen LogP contribution in [-0.4, -0.2) is 29.5 Å². The largest absolute Gasteiger partial charge is 0.490 e. The first-order valence-corrected chi connectivity index (χ1v) is 5.10. The predicted molar refractivity (Wildman–Crippen MR) is 62.3 cm³/mol. The summed E-state index contributed by atoms with van der Waals surface area (Å²) in [6.07, 6.45) is 0. The molecular formula is C10H10N2O7. The van der Waals surface area contributed by atoms with E-state index in [1.807, 2.05) is 0 Å². The first-order chi connectivity index (χ1) is 8.92. The van der Waals surface area contributed by atoms with Gasteiger partial charge in [-0.2, -0.15) is 0 Å². The van der Waals surface area contributed by atoms with Crippen LogP contribution in [0.25, 0.3) is 0 Å². The van der Waals surface area contributed by atoms with Crippen LogP contribution in [-0.2, 0) is 4.74 Å². The minimum Gasteiger partial charge on any atom is -0.490 e. The minimum absolute atomic E-state index is 0.0263. The van der Waals surface area contributed by atoms with Crippen LogP contribution in [0.2, 0.25) is 0 Å². The third kappa shape index (κ3) is 2.94. The summed E-state index contributed by atoms with van der Waals surface area (Å²) >= 11 is 0. The van der Waals surface area contributed by atoms with E-state index in [2.05, 4.69) is 4.74 Å². The third-order valence-electron chi connectivity index (χ3n) is 2.16. The average Bonchev–Trinajstić information content (AvgIpc) is 2.36. The fourth-order valence-corrected chi connectivity index (χ4v) is 1.41. The third-order valence-corrected chi connectivity index (χ3v) is 2.16. The lowest BCUT2D eigenvalue weighted by Gasteiger charge is -2.08. The summed E-state index contributed by atoms with van der Waals surface area (Å²) in [5, 5.41) is 21.5. The second kappa shape index (κ2) is 5.76. The molecule has 0 bridgehead atoms. The van der Waals surface area contributed by atoms with Crippen LogP contribution in [0.4, 0.5) is 11.4 Å². The van der Waals surface area contributed by atoms with Crippen LogP contribution in [0.3, 0.4) is 0 Å². The van der Waals surface area contributed by atoms with Crippen molar-refractivity contribution in [2.75, 3.05) is 13.7 Å². The first-order valence-electron chi connectivity index (χ1n) is 5.10. The number of hydrogen-bond acceptors (Lipinski definition) is 7. The molecule has 1 aromatic carbocycles. The van der Waals surface area contributed by atoms with E-state index in [0.29, 0.717) is 0 Å². The molecule has 0 saturated heterocycles. The highest BCUT2D eigenvalue weighted by atomic mass is 16.6. The molecule has 0 atom stereocenters. The number of ether oxygens (including phenoxy) is 2. The van der Waals surface area contributed by atoms with Crippen LogP contribution < -0.4 is 4.74 Å². The van der Waals surface area contributed by atoms with Gasteiger partial charge in [-0.05, 0) is 6.92 Å². The van der Waals surface area contributed by atoms with Gasteiger partial charge in [-0.3, -0.25) is 20.2 Å². The molecule has 9 nitrogen and oxygen atoms in total. The molecule has 102 valence electrons. The molecule has 0 heterocycles. The van der Waals surface area contributed by atoms with Crippen molar-refractivity contribution in [3.63, 3.8) is 0 Å². The zero-order valence-corrected chi connectivity index (χ0v) is 10.1. The SMILES string of the molecule is CCOC(=O)c1cc([N+](=O)[O-])cc([N+](=O)[O-])c1OC. The normalized spacial score (nSPS) is 9.79. The molecule has 0 spiro atoms. The molecule has 0 N–H and O–H groups in total. The Balaban J connectivity index is 3.53. The second-order valence-corrected chi connectivity index (χ2v) is 3.28. The van der Waals surface area contributed by atoms with Crippen molar-refractivity contribution in [2.45, 2.75) is 6.92 Å². The van der Waals surface area contributed by atoms with E-state index in [1.165, 1.54) is 6.92 Å². The Kier molecular flexibility index (Phi) is 4.35. The molecule has 19 heavy (non-hydrogen) atoms. The van der Waals surface area contributed by atoms with Crippen molar-refractivity contribution in [3.8, 4) is 5.75 Å². The molecule has 0 fully saturated rings. The van der Waals surface area contributed by atoms with Crippen LogP contribution in [0.5, 0.6) is 5.75 Å². The van der Waals surface area contributed by atoms with Gasteiger partial charge in [-0.1, -0.05) is 0 Å². The highest BCUT2D eigenvalue weighted by molar-refractivity contribution is 5.95. The number of nitrogens with zero attached hydrogens (tertiary/aromatic N) is 2. The Labute approximate surface area is 107 Å². The fraction of sp³-hybridized carbons (Fsp3) is 0.300. The number of carbonyl (C=O) groups is 1. The second-order valence-electron chi connectivity index (χ2n) is 3.28. The van der Waals surface area contributed by atoms with Gasteiger partial charge in [-0.25, -0.2) is 4.79 Å². The highest BCUT2D eigenvalue weighted by Crippen LogP contribution is 2.35. The molecule has 0 radical (unpaired) electrons. The summed E-state index contributed by atoms with van der Waals surface area (Å²) in [5.74, 6) is -1.29. The summed E-state index contributed by atoms with van der Waals surface area (Å²) in [4.78, 5) is 31.5. The Morgan fingerprint density at radius 1 is 1.26 bits per heavy atom. The first kappa shape index (κ1) is 14.4. The van der Waals surface area contributed by atoms with Gasteiger partial charge in [0.15, 0.2) is 0 Å². The number of methoxy groups -OCH3 is 1. The predicted octanol–water partition coefficient (Wildman–Crippen LogP) is 1.69. The van der Waals surface area contributed by atoms with E-state index in [9.17, 15) is 25.0 Å². The molecule has 0 unspecified atom stereocenters. The number of esters is 1. The standard InChI is InChI=1S/C10H10N2O7/c1-3-19-10(13)7-4-6(11(14)15)5-8(12(16)17)9(7)18-2/h4-5H,3H2,1-2H3. The zero-order valence-electron chi connectivity index (χ0n) is 10.1. The Bertz CT molecular complexity index is 541. The number of hydrogen-bond donors (Lipinski definition) is 0. The van der Waals surface area contributed by atoms with Gasteiger partial charge in [0.2, 0.25) is 5.75 Å². The Morgan fingerprint density at radius 2 is 1.89 bits per heavy atom. The minimum atomic E-state index is -0.925. The maximum atomic E-state index is 11.6. The highest BCUT2D eigenvalue weighted by Gasteiger charge is 2.28. The van der Waals surface area contributed by atoms with E-state index < -0.39 is 27.2 Å². The number of nitro groups is 2. The lowest BCUT2D eigenvalue weighted by molar-refractivity contribution is -0.394. The van der Waals surface area contributed by atoms with E-state index in [1.54, 1.807) is 0 Å². The number of non-ortho nitro benzene ring substituents is 1. The van der Waals surface area contributed by atoms with Gasteiger partial charge in [0.05, 0.1) is 29.6 Å². The summed E-state index contributed by atoms with van der Waals surface area (Å²) in [6.45, 7) is 1.56. The monoisotopic (exact) mass is 270 g/mol. The van der Waals surface area contributed by atoms with Gasteiger partial charge in [0.1, 0.15) is 5.56 Å². The van der Waals surface area contributed by atoms with Crippen molar-refractivity contribution >= 4 is 17.3 Å². The van der Waals surface area contributed by atoms with Gasteiger partial charge in [0.25, 0.3) is 5.69 Å². The van der Waals surface area contributed by atoms with Gasteiger partial charge in [-0.15, -0.1) is 0 Å².